The fourth-order valence-corrected chi connectivity index (χ4v) is 1.96. The Hall–Kier alpha value is -1.82. The number of aromatic amines is 1. The molecule has 15 heavy (non-hydrogen) atoms. The van der Waals surface area contributed by atoms with Gasteiger partial charge in [-0.05, 0) is 11.5 Å². The first-order chi connectivity index (χ1) is 7.22. The predicted octanol–water partition coefficient (Wildman–Crippen LogP) is 1.84. The summed E-state index contributed by atoms with van der Waals surface area (Å²) in [6, 6.07) is 1.71. The van der Waals surface area contributed by atoms with Gasteiger partial charge >= 0.3 is 5.97 Å². The Kier molecular flexibility index (Phi) is 2.42. The highest BCUT2D eigenvalue weighted by Gasteiger charge is 2.15. The molecule has 0 bridgehead atoms. The minimum Gasteiger partial charge on any atom is -0.480 e. The van der Waals surface area contributed by atoms with Crippen molar-refractivity contribution in [2.75, 3.05) is 7.11 Å². The van der Waals surface area contributed by atoms with Gasteiger partial charge in [-0.3, -0.25) is 0 Å². The molecule has 78 valence electrons. The van der Waals surface area contributed by atoms with Crippen LogP contribution in [0.25, 0.3) is 10.4 Å². The van der Waals surface area contributed by atoms with Gasteiger partial charge in [0.05, 0.1) is 17.6 Å². The first-order valence-electron chi connectivity index (χ1n) is 4.13. The van der Waals surface area contributed by atoms with E-state index in [2.05, 4.69) is 9.36 Å². The van der Waals surface area contributed by atoms with E-state index < -0.39 is 5.97 Å². The number of hydrogen-bond acceptors (Lipinski definition) is 4. The highest BCUT2D eigenvalue weighted by atomic mass is 32.1. The van der Waals surface area contributed by atoms with Crippen LogP contribution in [0, 0.1) is 0 Å². The lowest BCUT2D eigenvalue weighted by Crippen LogP contribution is -1.94. The van der Waals surface area contributed by atoms with Crippen LogP contribution < -0.4 is 4.74 Å². The van der Waals surface area contributed by atoms with Crippen molar-refractivity contribution in [3.63, 3.8) is 0 Å². The number of hydrogen-bond donors (Lipinski definition) is 2. The van der Waals surface area contributed by atoms with Crippen LogP contribution in [0.2, 0.25) is 0 Å². The summed E-state index contributed by atoms with van der Waals surface area (Å²) in [5, 5.41) is 8.91. The lowest BCUT2D eigenvalue weighted by molar-refractivity contribution is 0.0698. The minimum atomic E-state index is -0.960. The van der Waals surface area contributed by atoms with E-state index in [1.807, 2.05) is 0 Å². The first-order valence-corrected chi connectivity index (χ1v) is 4.91. The van der Waals surface area contributed by atoms with E-state index in [0.29, 0.717) is 11.4 Å². The molecule has 0 saturated carbocycles. The molecule has 0 saturated heterocycles. The standard InChI is InChI=1S/C9H8N2O3S/c1-14-8-2-7(15-11-8)5-3-10-4-6(5)9(12)13/h2-4,10H,1H3,(H,12,13). The van der Waals surface area contributed by atoms with Crippen molar-refractivity contribution in [2.45, 2.75) is 0 Å². The maximum absolute atomic E-state index is 10.9. The van der Waals surface area contributed by atoms with Gasteiger partial charge in [-0.1, -0.05) is 0 Å². The zero-order valence-corrected chi connectivity index (χ0v) is 8.67. The molecule has 2 aromatic rings. The molecule has 0 amide bonds. The molecule has 0 aromatic carbocycles. The summed E-state index contributed by atoms with van der Waals surface area (Å²) in [5.74, 6) is -0.467. The Balaban J connectivity index is 2.44. The van der Waals surface area contributed by atoms with Crippen molar-refractivity contribution in [2.24, 2.45) is 0 Å². The van der Waals surface area contributed by atoms with Gasteiger partial charge in [0.15, 0.2) is 0 Å². The van der Waals surface area contributed by atoms with E-state index in [1.165, 1.54) is 24.8 Å². The second kappa shape index (κ2) is 3.74. The number of methoxy groups -OCH3 is 1. The molecule has 2 heterocycles. The molecule has 0 aliphatic rings. The molecule has 0 spiro atoms. The highest BCUT2D eigenvalue weighted by molar-refractivity contribution is 7.09. The Morgan fingerprint density at radius 2 is 2.40 bits per heavy atom. The number of aromatic nitrogens is 2. The summed E-state index contributed by atoms with van der Waals surface area (Å²) >= 11 is 1.21. The molecule has 2 aromatic heterocycles. The normalized spacial score (nSPS) is 10.2. The van der Waals surface area contributed by atoms with E-state index in [4.69, 9.17) is 9.84 Å². The number of carboxylic acids is 1. The Bertz CT molecular complexity index is 489. The molecule has 6 heteroatoms. The molecule has 0 aliphatic heterocycles. The molecular formula is C9H8N2O3S. The molecule has 0 atom stereocenters. The molecular weight excluding hydrogens is 216 g/mol. The van der Waals surface area contributed by atoms with Gasteiger partial charge in [-0.2, -0.15) is 4.37 Å². The van der Waals surface area contributed by atoms with E-state index in [0.717, 1.165) is 4.88 Å². The third-order valence-electron chi connectivity index (χ3n) is 1.94. The molecule has 0 fully saturated rings. The van der Waals surface area contributed by atoms with Crippen molar-refractivity contribution in [3.05, 3.63) is 24.0 Å². The predicted molar refractivity (Wildman–Crippen MR) is 55.4 cm³/mol. The fourth-order valence-electron chi connectivity index (χ4n) is 1.23. The van der Waals surface area contributed by atoms with Gasteiger partial charge in [-0.25, -0.2) is 4.79 Å². The number of H-pyrrole nitrogens is 1. The molecule has 0 radical (unpaired) electrons. The number of nitrogens with zero attached hydrogens (tertiary/aromatic N) is 1. The summed E-state index contributed by atoms with van der Waals surface area (Å²) in [6.45, 7) is 0. The van der Waals surface area contributed by atoms with E-state index in [1.54, 1.807) is 12.3 Å². The number of nitrogens with one attached hydrogen (secondary N) is 1. The van der Waals surface area contributed by atoms with Gasteiger partial charge in [0.2, 0.25) is 5.88 Å². The average Bonchev–Trinajstić information content (AvgIpc) is 2.85. The summed E-state index contributed by atoms with van der Waals surface area (Å²) in [7, 11) is 1.52. The van der Waals surface area contributed by atoms with Crippen LogP contribution >= 0.6 is 11.5 Å². The Morgan fingerprint density at radius 3 is 3.00 bits per heavy atom. The smallest absolute Gasteiger partial charge is 0.337 e. The average molecular weight is 224 g/mol. The maximum atomic E-state index is 10.9. The van der Waals surface area contributed by atoms with Crippen LogP contribution in [0.15, 0.2) is 18.5 Å². The lowest BCUT2D eigenvalue weighted by atomic mass is 10.2. The number of aromatic carboxylic acids is 1. The molecule has 2 N–H and O–H groups in total. The zero-order valence-electron chi connectivity index (χ0n) is 7.85. The minimum absolute atomic E-state index is 0.237. The second-order valence-electron chi connectivity index (χ2n) is 2.82. The monoisotopic (exact) mass is 224 g/mol. The maximum Gasteiger partial charge on any atom is 0.337 e. The molecule has 5 nitrogen and oxygen atoms in total. The van der Waals surface area contributed by atoms with Crippen molar-refractivity contribution in [1.29, 1.82) is 0 Å². The molecule has 0 aliphatic carbocycles. The van der Waals surface area contributed by atoms with Gasteiger partial charge < -0.3 is 14.8 Å². The third-order valence-corrected chi connectivity index (χ3v) is 2.74. The zero-order chi connectivity index (χ0) is 10.8. The first kappa shape index (κ1) is 9.72. The number of carboxylic acid groups (broad SMARTS) is 1. The lowest BCUT2D eigenvalue weighted by Gasteiger charge is -1.93. The topological polar surface area (TPSA) is 75.2 Å². The fraction of sp³-hybridized carbons (Fsp3) is 0.111. The summed E-state index contributed by atoms with van der Waals surface area (Å²) in [5.41, 5.74) is 0.865. The van der Waals surface area contributed by atoms with E-state index >= 15 is 0 Å². The van der Waals surface area contributed by atoms with Crippen LogP contribution in [-0.4, -0.2) is 27.5 Å². The molecule has 0 unspecified atom stereocenters. The second-order valence-corrected chi connectivity index (χ2v) is 3.63. The van der Waals surface area contributed by atoms with Gasteiger partial charge in [0, 0.05) is 24.0 Å². The van der Waals surface area contributed by atoms with Crippen molar-refractivity contribution in [1.82, 2.24) is 9.36 Å². The summed E-state index contributed by atoms with van der Waals surface area (Å²) in [6.07, 6.45) is 3.08. The number of carbonyl (C=O) groups is 1. The van der Waals surface area contributed by atoms with E-state index in [-0.39, 0.29) is 5.56 Å². The van der Waals surface area contributed by atoms with Gasteiger partial charge in [-0.15, -0.1) is 0 Å². The van der Waals surface area contributed by atoms with Crippen LogP contribution in [-0.2, 0) is 0 Å². The van der Waals surface area contributed by atoms with E-state index in [9.17, 15) is 4.79 Å². The Labute approximate surface area is 89.5 Å². The quantitative estimate of drug-likeness (QED) is 0.834. The largest absolute Gasteiger partial charge is 0.480 e. The van der Waals surface area contributed by atoms with Crippen LogP contribution in [0.1, 0.15) is 10.4 Å². The summed E-state index contributed by atoms with van der Waals surface area (Å²) < 4.78 is 8.94. The highest BCUT2D eigenvalue weighted by Crippen LogP contribution is 2.30. The van der Waals surface area contributed by atoms with Gasteiger partial charge in [0.25, 0.3) is 0 Å². The number of ether oxygens (including phenoxy) is 1. The van der Waals surface area contributed by atoms with Crippen molar-refractivity contribution in [3.8, 4) is 16.3 Å². The van der Waals surface area contributed by atoms with Gasteiger partial charge in [0.1, 0.15) is 0 Å². The third kappa shape index (κ3) is 1.71. The number of rotatable bonds is 3. The van der Waals surface area contributed by atoms with Crippen LogP contribution in [0.4, 0.5) is 0 Å². The van der Waals surface area contributed by atoms with Crippen LogP contribution in [0.3, 0.4) is 0 Å². The van der Waals surface area contributed by atoms with Crippen molar-refractivity contribution < 1.29 is 14.6 Å². The van der Waals surface area contributed by atoms with Crippen LogP contribution in [0.5, 0.6) is 5.88 Å². The Morgan fingerprint density at radius 1 is 1.60 bits per heavy atom. The summed E-state index contributed by atoms with van der Waals surface area (Å²) in [4.78, 5) is 14.4. The molecule has 2 rings (SSSR count). The van der Waals surface area contributed by atoms with Crippen molar-refractivity contribution >= 4 is 17.5 Å². The SMILES string of the molecule is COc1cc(-c2c[nH]cc2C(=O)O)sn1.